The number of nitrogens with zero attached hydrogens (tertiary/aromatic N) is 2. The Hall–Kier alpha value is -4.21. The van der Waals surface area contributed by atoms with Gasteiger partial charge >= 0.3 is 0 Å². The molecule has 4 aromatic carbocycles. The van der Waals surface area contributed by atoms with Crippen molar-refractivity contribution in [3.63, 3.8) is 0 Å². The quantitative estimate of drug-likeness (QED) is 0.302. The van der Waals surface area contributed by atoms with E-state index in [1.165, 1.54) is 0 Å². The molecule has 0 radical (unpaired) electrons. The van der Waals surface area contributed by atoms with E-state index in [1.54, 1.807) is 0 Å². The van der Waals surface area contributed by atoms with Crippen LogP contribution in [0.4, 0.5) is 0 Å². The summed E-state index contributed by atoms with van der Waals surface area (Å²) in [6, 6.07) is 41.5. The summed E-state index contributed by atoms with van der Waals surface area (Å²) in [6.07, 6.45) is 5.78. The minimum absolute atomic E-state index is 0.0653. The van der Waals surface area contributed by atoms with Gasteiger partial charge in [-0.15, -0.1) is 0 Å². The van der Waals surface area contributed by atoms with Gasteiger partial charge in [-0.1, -0.05) is 121 Å². The van der Waals surface area contributed by atoms with Crippen LogP contribution in [-0.2, 0) is 5.54 Å². The van der Waals surface area contributed by atoms with Crippen LogP contribution in [0, 0.1) is 0 Å². The molecule has 5 aromatic rings. The minimum atomic E-state index is -0.649. The van der Waals surface area contributed by atoms with Crippen molar-refractivity contribution in [2.24, 2.45) is 0 Å². The second kappa shape index (κ2) is 9.74. The first-order valence-corrected chi connectivity index (χ1v) is 11.4. The maximum absolute atomic E-state index is 10.2. The zero-order valence-electron chi connectivity index (χ0n) is 18.8. The Morgan fingerprint density at radius 2 is 1.12 bits per heavy atom. The van der Waals surface area contributed by atoms with Gasteiger partial charge in [-0.05, 0) is 33.9 Å². The van der Waals surface area contributed by atoms with E-state index in [0.717, 1.165) is 33.5 Å². The molecule has 0 saturated heterocycles. The van der Waals surface area contributed by atoms with Crippen LogP contribution < -0.4 is 0 Å². The highest BCUT2D eigenvalue weighted by Gasteiger charge is 2.39. The molecule has 34 heavy (non-hydrogen) atoms. The van der Waals surface area contributed by atoms with Gasteiger partial charge in [-0.3, -0.25) is 0 Å². The highest BCUT2D eigenvalue weighted by Crippen LogP contribution is 2.42. The lowest BCUT2D eigenvalue weighted by atomic mass is 9.76. The fraction of sp³-hybridized carbons (Fsp3) is 0.0645. The maximum atomic E-state index is 10.2. The third-order valence-corrected chi connectivity index (χ3v) is 6.24. The number of aromatic nitrogens is 2. The van der Waals surface area contributed by atoms with Crippen molar-refractivity contribution < 1.29 is 5.11 Å². The highest BCUT2D eigenvalue weighted by atomic mass is 16.3. The first-order chi connectivity index (χ1) is 16.8. The fourth-order valence-electron chi connectivity index (χ4n) is 4.70. The molecule has 1 N–H and O–H groups in total. The summed E-state index contributed by atoms with van der Waals surface area (Å²) >= 11 is 0. The summed E-state index contributed by atoms with van der Waals surface area (Å²) < 4.78 is 2.21. The summed E-state index contributed by atoms with van der Waals surface area (Å²) in [5.41, 5.74) is 5.47. The molecule has 0 aliphatic heterocycles. The summed E-state index contributed by atoms with van der Waals surface area (Å²) in [4.78, 5) is 4.58. The van der Waals surface area contributed by atoms with Crippen molar-refractivity contribution in [1.29, 1.82) is 0 Å². The maximum Gasteiger partial charge on any atom is 0.122 e. The van der Waals surface area contributed by atoms with E-state index in [9.17, 15) is 5.11 Å². The van der Waals surface area contributed by atoms with E-state index < -0.39 is 5.54 Å². The Bertz CT molecular complexity index is 1260. The Kier molecular flexibility index (Phi) is 6.19. The molecule has 0 aliphatic rings. The molecule has 0 saturated carbocycles. The molecule has 3 heteroatoms. The molecule has 1 aromatic heterocycles. The van der Waals surface area contributed by atoms with E-state index >= 15 is 0 Å². The van der Waals surface area contributed by atoms with Gasteiger partial charge in [0.25, 0.3) is 0 Å². The molecule has 0 aliphatic carbocycles. The number of hydrogen-bond acceptors (Lipinski definition) is 2. The lowest BCUT2D eigenvalue weighted by Crippen LogP contribution is -2.38. The minimum Gasteiger partial charge on any atom is -0.392 e. The fourth-order valence-corrected chi connectivity index (χ4v) is 4.70. The van der Waals surface area contributed by atoms with Crippen molar-refractivity contribution in [3.8, 4) is 0 Å². The standard InChI is InChI=1S/C31H26N2O/c34-23-26(25-13-5-1-6-14-25)21-30-22-32-24-33(30)31(27-15-7-2-8-16-27,28-17-9-3-10-18-28)29-19-11-4-12-20-29/h1-22,24,34H,23H2. The smallest absolute Gasteiger partial charge is 0.122 e. The van der Waals surface area contributed by atoms with E-state index in [4.69, 9.17) is 0 Å². The molecule has 0 spiro atoms. The van der Waals surface area contributed by atoms with Crippen molar-refractivity contribution in [2.45, 2.75) is 5.54 Å². The van der Waals surface area contributed by atoms with E-state index in [-0.39, 0.29) is 6.61 Å². The summed E-state index contributed by atoms with van der Waals surface area (Å²) in [6.45, 7) is -0.0653. The van der Waals surface area contributed by atoms with Crippen LogP contribution in [0.2, 0.25) is 0 Å². The molecular weight excluding hydrogens is 416 g/mol. The van der Waals surface area contributed by atoms with Crippen LogP contribution in [0.1, 0.15) is 27.9 Å². The highest BCUT2D eigenvalue weighted by molar-refractivity contribution is 5.81. The Balaban J connectivity index is 1.82. The predicted octanol–water partition coefficient (Wildman–Crippen LogP) is 6.26. The Morgan fingerprint density at radius 3 is 1.56 bits per heavy atom. The largest absolute Gasteiger partial charge is 0.392 e. The normalized spacial score (nSPS) is 12.0. The number of aliphatic hydroxyl groups excluding tert-OH is 1. The van der Waals surface area contributed by atoms with Crippen LogP contribution in [0.25, 0.3) is 11.6 Å². The van der Waals surface area contributed by atoms with Crippen LogP contribution in [0.15, 0.2) is 134 Å². The molecule has 3 nitrogen and oxygen atoms in total. The molecule has 1 heterocycles. The summed E-state index contributed by atoms with van der Waals surface area (Å²) in [5, 5.41) is 10.2. The third-order valence-electron chi connectivity index (χ3n) is 6.24. The molecule has 0 atom stereocenters. The van der Waals surface area contributed by atoms with Gasteiger partial charge < -0.3 is 9.67 Å². The molecule has 0 unspecified atom stereocenters. The van der Waals surface area contributed by atoms with Crippen LogP contribution in [-0.4, -0.2) is 21.3 Å². The predicted molar refractivity (Wildman–Crippen MR) is 138 cm³/mol. The van der Waals surface area contributed by atoms with Crippen molar-refractivity contribution in [1.82, 2.24) is 9.55 Å². The van der Waals surface area contributed by atoms with Gasteiger partial charge in [0.2, 0.25) is 0 Å². The monoisotopic (exact) mass is 442 g/mol. The zero-order chi connectivity index (χ0) is 23.2. The number of imidazole rings is 1. The van der Waals surface area contributed by atoms with E-state index in [0.29, 0.717) is 0 Å². The summed E-state index contributed by atoms with van der Waals surface area (Å²) in [7, 11) is 0. The SMILES string of the molecule is OCC(=Cc1cncn1C(c1ccccc1)(c1ccccc1)c1ccccc1)c1ccccc1. The molecule has 0 bridgehead atoms. The zero-order valence-corrected chi connectivity index (χ0v) is 18.8. The van der Waals surface area contributed by atoms with E-state index in [2.05, 4.69) is 82.3 Å². The summed E-state index contributed by atoms with van der Waals surface area (Å²) in [5.74, 6) is 0. The number of benzene rings is 4. The molecular formula is C31H26N2O. The number of aliphatic hydroxyl groups is 1. The molecule has 0 amide bonds. The second-order valence-corrected chi connectivity index (χ2v) is 8.19. The molecule has 166 valence electrons. The second-order valence-electron chi connectivity index (χ2n) is 8.19. The van der Waals surface area contributed by atoms with Crippen LogP contribution in [0.5, 0.6) is 0 Å². The van der Waals surface area contributed by atoms with Crippen molar-refractivity contribution >= 4 is 11.6 Å². The topological polar surface area (TPSA) is 38.1 Å². The van der Waals surface area contributed by atoms with Crippen molar-refractivity contribution in [3.05, 3.63) is 162 Å². The first kappa shape index (κ1) is 21.6. The van der Waals surface area contributed by atoms with Gasteiger partial charge in [-0.25, -0.2) is 4.98 Å². The lowest BCUT2D eigenvalue weighted by molar-refractivity contribution is 0.350. The lowest BCUT2D eigenvalue weighted by Gasteiger charge is -2.38. The van der Waals surface area contributed by atoms with Crippen LogP contribution in [0.3, 0.4) is 0 Å². The van der Waals surface area contributed by atoms with E-state index in [1.807, 2.05) is 67.1 Å². The Labute approximate surface area is 200 Å². The van der Waals surface area contributed by atoms with Gasteiger partial charge in [-0.2, -0.15) is 0 Å². The average Bonchev–Trinajstić information content (AvgIpc) is 3.38. The van der Waals surface area contributed by atoms with Gasteiger partial charge in [0.1, 0.15) is 5.54 Å². The molecule has 0 fully saturated rings. The van der Waals surface area contributed by atoms with Gasteiger partial charge in [0, 0.05) is 0 Å². The first-order valence-electron chi connectivity index (χ1n) is 11.4. The van der Waals surface area contributed by atoms with Crippen molar-refractivity contribution in [2.75, 3.05) is 6.61 Å². The third kappa shape index (κ3) is 3.87. The number of rotatable bonds is 7. The van der Waals surface area contributed by atoms with Gasteiger partial charge in [0.15, 0.2) is 0 Å². The van der Waals surface area contributed by atoms with Crippen LogP contribution >= 0.6 is 0 Å². The molecule has 5 rings (SSSR count). The number of hydrogen-bond donors (Lipinski definition) is 1. The Morgan fingerprint density at radius 1 is 0.676 bits per heavy atom. The van der Waals surface area contributed by atoms with Gasteiger partial charge in [0.05, 0.1) is 24.8 Å². The average molecular weight is 443 g/mol.